The van der Waals surface area contributed by atoms with Crippen LogP contribution < -0.4 is 4.90 Å². The number of hydrogen-bond acceptors (Lipinski definition) is 3. The average molecular weight is 409 g/mol. The quantitative estimate of drug-likeness (QED) is 0.570. The molecule has 0 aromatic heterocycles. The Labute approximate surface area is 173 Å². The highest BCUT2D eigenvalue weighted by molar-refractivity contribution is 6.03. The van der Waals surface area contributed by atoms with E-state index in [4.69, 9.17) is 0 Å². The van der Waals surface area contributed by atoms with Gasteiger partial charge in [0.05, 0.1) is 18.1 Å². The molecule has 1 heterocycles. The molecule has 30 heavy (non-hydrogen) atoms. The van der Waals surface area contributed by atoms with Gasteiger partial charge >= 0.3 is 0 Å². The van der Waals surface area contributed by atoms with Crippen LogP contribution in [0.5, 0.6) is 5.75 Å². The van der Waals surface area contributed by atoms with Crippen molar-refractivity contribution in [2.45, 2.75) is 25.0 Å². The zero-order valence-electron chi connectivity index (χ0n) is 16.1. The maximum absolute atomic E-state index is 13.9. The van der Waals surface area contributed by atoms with Crippen LogP contribution in [0.1, 0.15) is 36.1 Å². The highest BCUT2D eigenvalue weighted by atomic mass is 19.1. The monoisotopic (exact) mass is 409 g/mol. The minimum atomic E-state index is -1.01. The number of hydrogen-bond donors (Lipinski definition) is 2. The zero-order chi connectivity index (χ0) is 21.3. The maximum Gasteiger partial charge on any atom is 0.233 e. The molecule has 6 heteroatoms. The Bertz CT molecular complexity index is 1040. The first-order valence-electron chi connectivity index (χ1n) is 9.76. The van der Waals surface area contributed by atoms with Gasteiger partial charge in [-0.05, 0) is 60.9 Å². The number of aliphatic hydroxyl groups is 1. The van der Waals surface area contributed by atoms with Crippen molar-refractivity contribution < 1.29 is 23.8 Å². The Morgan fingerprint density at radius 3 is 2.27 bits per heavy atom. The molecule has 4 rings (SSSR count). The summed E-state index contributed by atoms with van der Waals surface area (Å²) in [6.45, 7) is 0. The SMILES string of the molecule is O=C1[C@H](CC[C@@H](O)c2ccccc2F)[C@@H](c2ccc(O)cc2)N1c1ccc(F)cc1. The number of aromatic hydroxyl groups is 1. The second-order valence-electron chi connectivity index (χ2n) is 7.44. The fraction of sp³-hybridized carbons (Fsp3) is 0.208. The van der Waals surface area contributed by atoms with Gasteiger partial charge < -0.3 is 15.1 Å². The highest BCUT2D eigenvalue weighted by Gasteiger charge is 2.48. The van der Waals surface area contributed by atoms with Gasteiger partial charge in [-0.25, -0.2) is 8.78 Å². The third-order valence-electron chi connectivity index (χ3n) is 5.57. The van der Waals surface area contributed by atoms with Crippen molar-refractivity contribution in [2.24, 2.45) is 5.92 Å². The van der Waals surface area contributed by atoms with Crippen molar-refractivity contribution in [3.05, 3.63) is 95.6 Å². The van der Waals surface area contributed by atoms with Gasteiger partial charge in [0.1, 0.15) is 17.4 Å². The number of nitrogens with zero attached hydrogens (tertiary/aromatic N) is 1. The van der Waals surface area contributed by atoms with Crippen LogP contribution in [0.2, 0.25) is 0 Å². The van der Waals surface area contributed by atoms with Gasteiger partial charge in [-0.1, -0.05) is 30.3 Å². The molecule has 0 bridgehead atoms. The number of aliphatic hydroxyl groups excluding tert-OH is 1. The summed E-state index contributed by atoms with van der Waals surface area (Å²) in [6, 6.07) is 18.0. The lowest BCUT2D eigenvalue weighted by atomic mass is 9.78. The van der Waals surface area contributed by atoms with Gasteiger partial charge in [0.25, 0.3) is 0 Å². The molecule has 1 amide bonds. The predicted octanol–water partition coefficient (Wildman–Crippen LogP) is 4.89. The molecule has 1 aliphatic rings. The van der Waals surface area contributed by atoms with Crippen LogP contribution in [0.25, 0.3) is 0 Å². The molecule has 1 saturated heterocycles. The molecule has 3 atom stereocenters. The molecule has 0 spiro atoms. The number of benzene rings is 3. The molecule has 3 aromatic carbocycles. The Hall–Kier alpha value is -3.25. The molecular weight excluding hydrogens is 388 g/mol. The summed E-state index contributed by atoms with van der Waals surface area (Å²) in [7, 11) is 0. The van der Waals surface area contributed by atoms with E-state index in [-0.39, 0.29) is 29.7 Å². The van der Waals surface area contributed by atoms with Gasteiger partial charge in [0.15, 0.2) is 0 Å². The predicted molar refractivity (Wildman–Crippen MR) is 109 cm³/mol. The average Bonchev–Trinajstić information content (AvgIpc) is 2.74. The van der Waals surface area contributed by atoms with Crippen LogP contribution in [0.4, 0.5) is 14.5 Å². The Morgan fingerprint density at radius 2 is 1.60 bits per heavy atom. The number of anilines is 1. The van der Waals surface area contributed by atoms with Crippen LogP contribution in [-0.2, 0) is 4.79 Å². The third-order valence-corrected chi connectivity index (χ3v) is 5.57. The molecule has 1 fully saturated rings. The fourth-order valence-corrected chi connectivity index (χ4v) is 4.01. The van der Waals surface area contributed by atoms with Crippen LogP contribution in [0.15, 0.2) is 72.8 Å². The lowest BCUT2D eigenvalue weighted by molar-refractivity contribution is -0.131. The van der Waals surface area contributed by atoms with E-state index in [0.717, 1.165) is 5.56 Å². The van der Waals surface area contributed by atoms with Gasteiger partial charge in [-0.2, -0.15) is 0 Å². The number of halogens is 2. The van der Waals surface area contributed by atoms with Crippen LogP contribution >= 0.6 is 0 Å². The molecule has 0 aliphatic carbocycles. The Morgan fingerprint density at radius 1 is 0.933 bits per heavy atom. The summed E-state index contributed by atoms with van der Waals surface area (Å²) in [4.78, 5) is 14.5. The third kappa shape index (κ3) is 3.78. The summed E-state index contributed by atoms with van der Waals surface area (Å²) >= 11 is 0. The number of β-lactam (4-membered cyclic amide) rings is 1. The smallest absolute Gasteiger partial charge is 0.233 e. The molecule has 3 aromatic rings. The van der Waals surface area contributed by atoms with E-state index in [0.29, 0.717) is 12.1 Å². The number of carbonyl (C=O) groups excluding carboxylic acids is 1. The number of rotatable bonds is 6. The van der Waals surface area contributed by atoms with Gasteiger partial charge in [-0.3, -0.25) is 4.79 Å². The van der Waals surface area contributed by atoms with E-state index in [1.54, 1.807) is 53.4 Å². The molecule has 0 saturated carbocycles. The van der Waals surface area contributed by atoms with Crippen molar-refractivity contribution in [3.8, 4) is 5.75 Å². The summed E-state index contributed by atoms with van der Waals surface area (Å²) in [5.41, 5.74) is 1.60. The number of phenolic OH excluding ortho intramolecular Hbond substituents is 1. The number of carbonyl (C=O) groups is 1. The van der Waals surface area contributed by atoms with Crippen molar-refractivity contribution in [3.63, 3.8) is 0 Å². The van der Waals surface area contributed by atoms with Crippen LogP contribution in [0, 0.1) is 17.6 Å². The summed E-state index contributed by atoms with van der Waals surface area (Å²) in [5.74, 6) is -1.31. The zero-order valence-corrected chi connectivity index (χ0v) is 16.1. The van der Waals surface area contributed by atoms with Gasteiger partial charge in [0.2, 0.25) is 5.91 Å². The van der Waals surface area contributed by atoms with Gasteiger partial charge in [-0.15, -0.1) is 0 Å². The standard InChI is InChI=1S/C24H21F2NO3/c25-16-7-9-17(10-8-16)27-23(15-5-11-18(28)12-6-15)20(24(27)30)13-14-22(29)19-3-1-2-4-21(19)26/h1-12,20,22-23,28-29H,13-14H2/t20-,22-,23-/m1/s1. The Kier molecular flexibility index (Phi) is 5.50. The minimum absolute atomic E-state index is 0.115. The van der Waals surface area contributed by atoms with E-state index in [1.807, 2.05) is 0 Å². The second-order valence-corrected chi connectivity index (χ2v) is 7.44. The largest absolute Gasteiger partial charge is 0.508 e. The lowest BCUT2D eigenvalue weighted by Crippen LogP contribution is -2.55. The van der Waals surface area contributed by atoms with E-state index >= 15 is 0 Å². The first-order valence-corrected chi connectivity index (χ1v) is 9.76. The molecule has 1 aliphatic heterocycles. The molecule has 4 nitrogen and oxygen atoms in total. The van der Waals surface area contributed by atoms with E-state index < -0.39 is 23.7 Å². The first-order chi connectivity index (χ1) is 14.5. The minimum Gasteiger partial charge on any atom is -0.508 e. The van der Waals surface area contributed by atoms with Crippen molar-refractivity contribution in [2.75, 3.05) is 4.90 Å². The molecular formula is C24H21F2NO3. The summed E-state index contributed by atoms with van der Waals surface area (Å²) in [5, 5.41) is 20.0. The van der Waals surface area contributed by atoms with Crippen LogP contribution in [0.3, 0.4) is 0 Å². The molecule has 0 radical (unpaired) electrons. The van der Waals surface area contributed by atoms with E-state index in [2.05, 4.69) is 0 Å². The second kappa shape index (κ2) is 8.24. The maximum atomic E-state index is 13.9. The molecule has 2 N–H and O–H groups in total. The number of phenols is 1. The first kappa shape index (κ1) is 20.0. The van der Waals surface area contributed by atoms with Crippen molar-refractivity contribution in [1.29, 1.82) is 0 Å². The summed E-state index contributed by atoms with van der Waals surface area (Å²) in [6.07, 6.45) is -0.430. The normalized spacial score (nSPS) is 19.4. The summed E-state index contributed by atoms with van der Waals surface area (Å²) < 4.78 is 27.3. The topological polar surface area (TPSA) is 60.8 Å². The van der Waals surface area contributed by atoms with Gasteiger partial charge in [0, 0.05) is 11.3 Å². The fourth-order valence-electron chi connectivity index (χ4n) is 4.01. The number of amides is 1. The Balaban J connectivity index is 1.57. The van der Waals surface area contributed by atoms with Crippen LogP contribution in [-0.4, -0.2) is 16.1 Å². The lowest BCUT2D eigenvalue weighted by Gasteiger charge is -2.48. The van der Waals surface area contributed by atoms with Crippen molar-refractivity contribution >= 4 is 11.6 Å². The highest BCUT2D eigenvalue weighted by Crippen LogP contribution is 2.46. The van der Waals surface area contributed by atoms with Crippen molar-refractivity contribution in [1.82, 2.24) is 0 Å². The molecule has 154 valence electrons. The van der Waals surface area contributed by atoms with E-state index in [1.165, 1.54) is 24.3 Å². The molecule has 0 unspecified atom stereocenters. The van der Waals surface area contributed by atoms with E-state index in [9.17, 15) is 23.8 Å².